The molecule has 2 aromatic rings. The predicted octanol–water partition coefficient (Wildman–Crippen LogP) is 2.26. The van der Waals surface area contributed by atoms with Gasteiger partial charge in [-0.3, -0.25) is 4.79 Å². The fourth-order valence-electron chi connectivity index (χ4n) is 2.36. The van der Waals surface area contributed by atoms with Gasteiger partial charge < -0.3 is 15.8 Å². The lowest BCUT2D eigenvalue weighted by Gasteiger charge is -2.21. The van der Waals surface area contributed by atoms with Gasteiger partial charge in [0.05, 0.1) is 6.04 Å². The second kappa shape index (κ2) is 8.77. The Labute approximate surface area is 146 Å². The van der Waals surface area contributed by atoms with Crippen molar-refractivity contribution in [1.29, 1.82) is 0 Å². The molecule has 0 radical (unpaired) electrons. The van der Waals surface area contributed by atoms with E-state index in [-0.39, 0.29) is 23.3 Å². The third kappa shape index (κ3) is 5.00. The van der Waals surface area contributed by atoms with Crippen LogP contribution in [0.4, 0.5) is 5.82 Å². The molecule has 1 heterocycles. The first kappa shape index (κ1) is 18.4. The van der Waals surface area contributed by atoms with Crippen LogP contribution >= 0.6 is 0 Å². The monoisotopic (exact) mass is 342 g/mol. The number of nitrogens with zero attached hydrogens (tertiary/aromatic N) is 2. The molecular weight excluding hydrogens is 320 g/mol. The molecular formula is C18H22N4O3. The molecule has 132 valence electrons. The van der Waals surface area contributed by atoms with Gasteiger partial charge in [0.1, 0.15) is 17.7 Å². The molecule has 1 aromatic heterocycles. The van der Waals surface area contributed by atoms with Gasteiger partial charge in [-0.2, -0.15) is 0 Å². The number of ether oxygens (including phenoxy) is 1. The second-order valence-electron chi connectivity index (χ2n) is 5.63. The first-order valence-electron chi connectivity index (χ1n) is 8.14. The molecule has 2 atom stereocenters. The summed E-state index contributed by atoms with van der Waals surface area (Å²) >= 11 is 0. The zero-order valence-electron chi connectivity index (χ0n) is 14.3. The predicted molar refractivity (Wildman–Crippen MR) is 93.6 cm³/mol. The lowest BCUT2D eigenvalue weighted by Crippen LogP contribution is -2.38. The van der Waals surface area contributed by atoms with Crippen molar-refractivity contribution in [2.24, 2.45) is 0 Å². The molecule has 0 spiro atoms. The van der Waals surface area contributed by atoms with Gasteiger partial charge in [0.25, 0.3) is 5.91 Å². The molecule has 7 heteroatoms. The Morgan fingerprint density at radius 2 is 2.00 bits per heavy atom. The van der Waals surface area contributed by atoms with E-state index in [1.54, 1.807) is 0 Å². The average Bonchev–Trinajstić information content (AvgIpc) is 2.62. The Bertz CT molecular complexity index is 721. The van der Waals surface area contributed by atoms with Crippen molar-refractivity contribution in [2.75, 3.05) is 5.73 Å². The number of hydrogen-bond donors (Lipinski definition) is 2. The molecule has 2 rings (SSSR count). The minimum Gasteiger partial charge on any atom is -0.449 e. The van der Waals surface area contributed by atoms with Gasteiger partial charge in [-0.25, -0.2) is 14.8 Å². The van der Waals surface area contributed by atoms with Crippen LogP contribution in [0.25, 0.3) is 0 Å². The van der Waals surface area contributed by atoms with Crippen LogP contribution in [0.15, 0.2) is 42.9 Å². The minimum atomic E-state index is -0.963. The van der Waals surface area contributed by atoms with E-state index in [0.29, 0.717) is 0 Å². The third-order valence-corrected chi connectivity index (χ3v) is 3.71. The van der Waals surface area contributed by atoms with E-state index in [1.165, 1.54) is 19.4 Å². The number of rotatable bonds is 7. The molecule has 0 saturated carbocycles. The van der Waals surface area contributed by atoms with Gasteiger partial charge in [0, 0.05) is 6.20 Å². The lowest BCUT2D eigenvalue weighted by molar-refractivity contribution is -0.129. The Kier molecular flexibility index (Phi) is 6.45. The normalized spacial score (nSPS) is 12.9. The number of amides is 1. The number of nitrogens with two attached hydrogens (primary N) is 1. The molecule has 0 aliphatic carbocycles. The van der Waals surface area contributed by atoms with Crippen molar-refractivity contribution in [1.82, 2.24) is 15.3 Å². The van der Waals surface area contributed by atoms with Crippen molar-refractivity contribution < 1.29 is 14.3 Å². The van der Waals surface area contributed by atoms with Crippen molar-refractivity contribution in [2.45, 2.75) is 38.8 Å². The van der Waals surface area contributed by atoms with Crippen molar-refractivity contribution in [3.8, 4) is 0 Å². The summed E-state index contributed by atoms with van der Waals surface area (Å²) in [5.74, 6) is -1.08. The van der Waals surface area contributed by atoms with Gasteiger partial charge in [-0.15, -0.1) is 0 Å². The van der Waals surface area contributed by atoms with E-state index in [4.69, 9.17) is 10.5 Å². The molecule has 25 heavy (non-hydrogen) atoms. The van der Waals surface area contributed by atoms with Gasteiger partial charge in [0.15, 0.2) is 6.10 Å². The number of nitrogens with one attached hydrogen (secondary N) is 1. The van der Waals surface area contributed by atoms with Crippen molar-refractivity contribution >= 4 is 17.7 Å². The van der Waals surface area contributed by atoms with Crippen LogP contribution in [0.3, 0.4) is 0 Å². The number of aromatic nitrogens is 2. The number of carbonyl (C=O) groups is 2. The third-order valence-electron chi connectivity index (χ3n) is 3.71. The molecule has 0 aliphatic heterocycles. The largest absolute Gasteiger partial charge is 0.449 e. The maximum absolute atomic E-state index is 12.4. The number of carbonyl (C=O) groups excluding carboxylic acids is 2. The quantitative estimate of drug-likeness (QED) is 0.747. The van der Waals surface area contributed by atoms with E-state index in [0.717, 1.165) is 18.4 Å². The van der Waals surface area contributed by atoms with Gasteiger partial charge >= 0.3 is 5.97 Å². The number of nitrogen functional groups attached to an aromatic ring is 1. The SMILES string of the molecule is CCCC(NC(=O)C(C)OC(=O)c1cncnc1N)c1ccccc1. The highest BCUT2D eigenvalue weighted by molar-refractivity contribution is 5.95. The van der Waals surface area contributed by atoms with Gasteiger partial charge in [-0.05, 0) is 18.9 Å². The van der Waals surface area contributed by atoms with Crippen LogP contribution in [-0.4, -0.2) is 27.9 Å². The van der Waals surface area contributed by atoms with E-state index in [1.807, 2.05) is 37.3 Å². The number of anilines is 1. The molecule has 2 unspecified atom stereocenters. The molecule has 1 amide bonds. The highest BCUT2D eigenvalue weighted by Crippen LogP contribution is 2.18. The van der Waals surface area contributed by atoms with Gasteiger partial charge in [-0.1, -0.05) is 43.7 Å². The zero-order chi connectivity index (χ0) is 18.2. The number of esters is 1. The highest BCUT2D eigenvalue weighted by Gasteiger charge is 2.23. The topological polar surface area (TPSA) is 107 Å². The molecule has 0 fully saturated rings. The van der Waals surface area contributed by atoms with Crippen LogP contribution in [0.5, 0.6) is 0 Å². The standard InChI is InChI=1S/C18H22N4O3/c1-3-7-15(13-8-5-4-6-9-13)22-17(23)12(2)25-18(24)14-10-20-11-21-16(14)19/h4-6,8-12,15H,3,7H2,1-2H3,(H,22,23)(H2,19,20,21). The average molecular weight is 342 g/mol. The molecule has 7 nitrogen and oxygen atoms in total. The summed E-state index contributed by atoms with van der Waals surface area (Å²) in [7, 11) is 0. The molecule has 3 N–H and O–H groups in total. The van der Waals surface area contributed by atoms with E-state index in [2.05, 4.69) is 15.3 Å². The Morgan fingerprint density at radius 3 is 2.64 bits per heavy atom. The van der Waals surface area contributed by atoms with E-state index < -0.39 is 12.1 Å². The molecule has 1 aromatic carbocycles. The molecule has 0 saturated heterocycles. The Balaban J connectivity index is 2.01. The fraction of sp³-hybridized carbons (Fsp3) is 0.333. The summed E-state index contributed by atoms with van der Waals surface area (Å²) < 4.78 is 5.18. The Hall–Kier alpha value is -2.96. The summed E-state index contributed by atoms with van der Waals surface area (Å²) in [5.41, 5.74) is 6.67. The lowest BCUT2D eigenvalue weighted by atomic mass is 10.0. The molecule has 0 bridgehead atoms. The van der Waals surface area contributed by atoms with Crippen LogP contribution in [0.1, 0.15) is 48.7 Å². The summed E-state index contributed by atoms with van der Waals surface area (Å²) in [4.78, 5) is 32.0. The second-order valence-corrected chi connectivity index (χ2v) is 5.63. The smallest absolute Gasteiger partial charge is 0.344 e. The first-order chi connectivity index (χ1) is 12.0. The van der Waals surface area contributed by atoms with Crippen molar-refractivity contribution in [3.63, 3.8) is 0 Å². The minimum absolute atomic E-state index is 0.0146. The maximum atomic E-state index is 12.4. The number of benzene rings is 1. The maximum Gasteiger partial charge on any atom is 0.344 e. The summed E-state index contributed by atoms with van der Waals surface area (Å²) in [6, 6.07) is 9.55. The highest BCUT2D eigenvalue weighted by atomic mass is 16.5. The van der Waals surface area contributed by atoms with Crippen molar-refractivity contribution in [3.05, 3.63) is 54.0 Å². The van der Waals surface area contributed by atoms with Crippen LogP contribution in [0.2, 0.25) is 0 Å². The first-order valence-corrected chi connectivity index (χ1v) is 8.14. The summed E-state index contributed by atoms with van der Waals surface area (Å²) in [6.45, 7) is 3.56. The summed E-state index contributed by atoms with van der Waals surface area (Å²) in [6.07, 6.45) is 3.23. The fourth-order valence-corrected chi connectivity index (χ4v) is 2.36. The van der Waals surface area contributed by atoms with Gasteiger partial charge in [0.2, 0.25) is 0 Å². The van der Waals surface area contributed by atoms with E-state index in [9.17, 15) is 9.59 Å². The summed E-state index contributed by atoms with van der Waals surface area (Å²) in [5, 5.41) is 2.93. The van der Waals surface area contributed by atoms with Crippen LogP contribution in [-0.2, 0) is 9.53 Å². The van der Waals surface area contributed by atoms with E-state index >= 15 is 0 Å². The van der Waals surface area contributed by atoms with Crippen LogP contribution in [0, 0.1) is 0 Å². The zero-order valence-corrected chi connectivity index (χ0v) is 14.3. The Morgan fingerprint density at radius 1 is 1.28 bits per heavy atom. The number of hydrogen-bond acceptors (Lipinski definition) is 6. The molecule has 0 aliphatic rings. The van der Waals surface area contributed by atoms with Crippen LogP contribution < -0.4 is 11.1 Å².